The fourth-order valence-electron chi connectivity index (χ4n) is 7.03. The van der Waals surface area contributed by atoms with Gasteiger partial charge in [0.2, 0.25) is 0 Å². The number of hydrogen-bond acceptors (Lipinski definition) is 26. The van der Waals surface area contributed by atoms with E-state index in [1.165, 1.54) is 0 Å². The standard InChI is InChI=1S/C30H52O26/c31-1-6-11(36)12(37)18(43)27(49-6)54-23-8(3-33)51-29(20(45)14(23)39)56-25-10(5-35)52-30(21(46)16(25)41)55-24-9(4-34)50-28(19(44)15(24)40)53-22-7(2-32)48-26(47)17(42)13(22)38/h6-47H,1-5H2/t6-,7-,8-,9-,10-,11+,12+,13-,14-,15-,16-,17+,18-,19+,20+,21+,22+,23+,24-,25+,26+,27+,28+,29+,30+/m0/s1. The van der Waals surface area contributed by atoms with E-state index in [4.69, 9.17) is 42.6 Å². The molecule has 56 heavy (non-hydrogen) atoms. The average molecular weight is 829 g/mol. The number of aliphatic hydroxyl groups is 17. The highest BCUT2D eigenvalue weighted by Crippen LogP contribution is 2.35. The van der Waals surface area contributed by atoms with Crippen molar-refractivity contribution < 1.29 is 129 Å². The first kappa shape index (κ1) is 46.0. The van der Waals surface area contributed by atoms with Crippen molar-refractivity contribution in [3.63, 3.8) is 0 Å². The van der Waals surface area contributed by atoms with E-state index in [9.17, 15) is 86.8 Å². The number of aliphatic hydroxyl groups excluding tert-OH is 17. The average Bonchev–Trinajstić information content (AvgIpc) is 3.19. The molecule has 5 aliphatic rings. The maximum absolute atomic E-state index is 11.1. The zero-order valence-corrected chi connectivity index (χ0v) is 29.2. The summed E-state index contributed by atoms with van der Waals surface area (Å²) in [6.07, 6.45) is -45.8. The van der Waals surface area contributed by atoms with E-state index in [0.29, 0.717) is 0 Å². The molecule has 5 saturated heterocycles. The van der Waals surface area contributed by atoms with Crippen LogP contribution in [0.1, 0.15) is 0 Å². The molecular weight excluding hydrogens is 776 g/mol. The Balaban J connectivity index is 1.22. The third kappa shape index (κ3) is 9.16. The van der Waals surface area contributed by atoms with Gasteiger partial charge in [0.05, 0.1) is 33.0 Å². The Hall–Kier alpha value is -1.04. The Kier molecular flexibility index (Phi) is 16.1. The topological polar surface area (TPSA) is 427 Å². The summed E-state index contributed by atoms with van der Waals surface area (Å²) in [5, 5.41) is 176. The smallest absolute Gasteiger partial charge is 0.187 e. The van der Waals surface area contributed by atoms with Gasteiger partial charge in [0.25, 0.3) is 0 Å². The lowest BCUT2D eigenvalue weighted by atomic mass is 9.95. The molecule has 0 spiro atoms. The molecule has 0 aliphatic carbocycles. The molecule has 0 aromatic carbocycles. The highest BCUT2D eigenvalue weighted by molar-refractivity contribution is 4.99. The summed E-state index contributed by atoms with van der Waals surface area (Å²) < 4.78 is 49.1. The second kappa shape index (κ2) is 19.6. The molecule has 0 unspecified atom stereocenters. The van der Waals surface area contributed by atoms with E-state index < -0.39 is 187 Å². The largest absolute Gasteiger partial charge is 0.394 e. The van der Waals surface area contributed by atoms with E-state index in [1.807, 2.05) is 0 Å². The van der Waals surface area contributed by atoms with Crippen LogP contribution < -0.4 is 0 Å². The molecular formula is C30H52O26. The van der Waals surface area contributed by atoms with Crippen LogP contribution in [-0.4, -0.2) is 273 Å². The van der Waals surface area contributed by atoms with Crippen LogP contribution in [0.15, 0.2) is 0 Å². The van der Waals surface area contributed by atoms with E-state index >= 15 is 0 Å². The monoisotopic (exact) mass is 828 g/mol. The molecule has 328 valence electrons. The molecule has 5 fully saturated rings. The normalized spacial score (nSPS) is 53.2. The van der Waals surface area contributed by atoms with Gasteiger partial charge in [-0.25, -0.2) is 0 Å². The zero-order chi connectivity index (χ0) is 41.3. The molecule has 0 aromatic heterocycles. The van der Waals surface area contributed by atoms with Crippen molar-refractivity contribution in [2.75, 3.05) is 33.0 Å². The maximum atomic E-state index is 11.1. The molecule has 0 radical (unpaired) electrons. The molecule has 26 heteroatoms. The Bertz CT molecular complexity index is 1200. The molecule has 25 atom stereocenters. The maximum Gasteiger partial charge on any atom is 0.187 e. The fourth-order valence-corrected chi connectivity index (χ4v) is 7.03. The Labute approximate surface area is 316 Å². The van der Waals surface area contributed by atoms with Crippen LogP contribution in [0.25, 0.3) is 0 Å². The summed E-state index contributed by atoms with van der Waals surface area (Å²) in [7, 11) is 0. The van der Waals surface area contributed by atoms with Gasteiger partial charge in [-0.3, -0.25) is 0 Å². The van der Waals surface area contributed by atoms with Gasteiger partial charge in [0.15, 0.2) is 31.5 Å². The molecule has 5 aliphatic heterocycles. The van der Waals surface area contributed by atoms with E-state index in [-0.39, 0.29) is 0 Å². The first-order valence-corrected chi connectivity index (χ1v) is 17.6. The van der Waals surface area contributed by atoms with Gasteiger partial charge >= 0.3 is 0 Å². The SMILES string of the molecule is OC[C@@H]1O[C@H](O[C@H]2[C@@H](O)[C@@H](O)[C@@H](O[C@H]3[C@@H](O)[C@@H](O)[C@@H](O[C@@H]4[C@@H](O)[C@@H](O)[C@@H](O[C@H]5[C@@H](O)[C@@H](O)[C@H](O)O[C@H]5CO)O[C@H]4CO)O[C@H]3CO)O[C@H]2CO)[C@@H](O)[C@H](O)[C@@H]1O. The van der Waals surface area contributed by atoms with Crippen molar-refractivity contribution >= 4 is 0 Å². The predicted octanol–water partition coefficient (Wildman–Crippen LogP) is -11.9. The van der Waals surface area contributed by atoms with Crippen molar-refractivity contribution in [2.24, 2.45) is 0 Å². The first-order valence-electron chi connectivity index (χ1n) is 17.6. The number of ether oxygens (including phenoxy) is 9. The summed E-state index contributed by atoms with van der Waals surface area (Å²) in [5.41, 5.74) is 0. The lowest BCUT2D eigenvalue weighted by Crippen LogP contribution is -2.68. The van der Waals surface area contributed by atoms with Crippen LogP contribution in [0, 0.1) is 0 Å². The Morgan fingerprint density at radius 1 is 0.268 bits per heavy atom. The highest BCUT2D eigenvalue weighted by atomic mass is 16.8. The van der Waals surface area contributed by atoms with Crippen LogP contribution in [0.4, 0.5) is 0 Å². The Morgan fingerprint density at radius 2 is 0.518 bits per heavy atom. The quantitative estimate of drug-likeness (QED) is 0.0819. The molecule has 26 nitrogen and oxygen atoms in total. The molecule has 5 heterocycles. The third-order valence-corrected chi connectivity index (χ3v) is 10.3. The van der Waals surface area contributed by atoms with Crippen molar-refractivity contribution in [1.82, 2.24) is 0 Å². The summed E-state index contributed by atoms with van der Waals surface area (Å²) >= 11 is 0. The van der Waals surface area contributed by atoms with Gasteiger partial charge in [-0.2, -0.15) is 0 Å². The number of rotatable bonds is 13. The van der Waals surface area contributed by atoms with E-state index in [1.54, 1.807) is 0 Å². The summed E-state index contributed by atoms with van der Waals surface area (Å²) in [5.74, 6) is 0. The predicted molar refractivity (Wildman–Crippen MR) is 167 cm³/mol. The van der Waals surface area contributed by atoms with Crippen LogP contribution in [0.5, 0.6) is 0 Å². The van der Waals surface area contributed by atoms with Crippen molar-refractivity contribution in [3.8, 4) is 0 Å². The minimum Gasteiger partial charge on any atom is -0.394 e. The van der Waals surface area contributed by atoms with Crippen molar-refractivity contribution in [3.05, 3.63) is 0 Å². The Morgan fingerprint density at radius 3 is 0.821 bits per heavy atom. The van der Waals surface area contributed by atoms with Gasteiger partial charge < -0.3 is 129 Å². The highest BCUT2D eigenvalue weighted by Gasteiger charge is 2.56. The summed E-state index contributed by atoms with van der Waals surface area (Å²) in [4.78, 5) is 0. The van der Waals surface area contributed by atoms with Gasteiger partial charge in [0.1, 0.15) is 122 Å². The summed E-state index contributed by atoms with van der Waals surface area (Å²) in [6.45, 7) is -4.51. The lowest BCUT2D eigenvalue weighted by Gasteiger charge is -2.49. The minimum atomic E-state index is -2.12. The first-order chi connectivity index (χ1) is 26.5. The number of hydrogen-bond donors (Lipinski definition) is 17. The van der Waals surface area contributed by atoms with Crippen LogP contribution >= 0.6 is 0 Å². The van der Waals surface area contributed by atoms with Gasteiger partial charge in [-0.15, -0.1) is 0 Å². The molecule has 0 saturated carbocycles. The van der Waals surface area contributed by atoms with Crippen LogP contribution in [0.2, 0.25) is 0 Å². The molecule has 0 amide bonds. The second-order valence-electron chi connectivity index (χ2n) is 13.9. The minimum absolute atomic E-state index is 0.811. The van der Waals surface area contributed by atoms with Crippen molar-refractivity contribution in [1.29, 1.82) is 0 Å². The molecule has 17 N–H and O–H groups in total. The van der Waals surface area contributed by atoms with Crippen molar-refractivity contribution in [2.45, 2.75) is 154 Å². The molecule has 0 aromatic rings. The van der Waals surface area contributed by atoms with E-state index in [0.717, 1.165) is 0 Å². The third-order valence-electron chi connectivity index (χ3n) is 10.3. The van der Waals surface area contributed by atoms with Gasteiger partial charge in [-0.05, 0) is 0 Å². The lowest BCUT2D eigenvalue weighted by molar-refractivity contribution is -0.392. The second-order valence-corrected chi connectivity index (χ2v) is 13.9. The summed E-state index contributed by atoms with van der Waals surface area (Å²) in [6, 6.07) is 0. The van der Waals surface area contributed by atoms with Crippen LogP contribution in [-0.2, 0) is 42.6 Å². The van der Waals surface area contributed by atoms with Gasteiger partial charge in [-0.1, -0.05) is 0 Å². The molecule has 5 rings (SSSR count). The fraction of sp³-hybridized carbons (Fsp3) is 1.00. The zero-order valence-electron chi connectivity index (χ0n) is 29.2. The molecule has 0 bridgehead atoms. The van der Waals surface area contributed by atoms with Crippen LogP contribution in [0.3, 0.4) is 0 Å². The van der Waals surface area contributed by atoms with Gasteiger partial charge in [0, 0.05) is 0 Å². The van der Waals surface area contributed by atoms with E-state index in [2.05, 4.69) is 0 Å².